The van der Waals surface area contributed by atoms with Crippen molar-refractivity contribution in [3.8, 4) is 6.07 Å². The van der Waals surface area contributed by atoms with Crippen LogP contribution in [-0.2, 0) is 22.5 Å². The Kier molecular flexibility index (Phi) is 7.24. The molecule has 0 radical (unpaired) electrons. The lowest BCUT2D eigenvalue weighted by Gasteiger charge is -2.29. The summed E-state index contributed by atoms with van der Waals surface area (Å²) < 4.78 is 5.45. The fourth-order valence-electron chi connectivity index (χ4n) is 5.42. The number of carbonyl (C=O) groups excluding carboxylic acids is 3. The minimum atomic E-state index is -0.411. The number of pyridine rings is 2. The van der Waals surface area contributed by atoms with Crippen LogP contribution in [0.3, 0.4) is 0 Å². The fraction of sp³-hybridized carbons (Fsp3) is 0.481. The van der Waals surface area contributed by atoms with Crippen molar-refractivity contribution in [3.05, 3.63) is 40.7 Å². The summed E-state index contributed by atoms with van der Waals surface area (Å²) >= 11 is 0. The van der Waals surface area contributed by atoms with Gasteiger partial charge in [0, 0.05) is 63.6 Å². The average Bonchev–Trinajstić information content (AvgIpc) is 3.54. The largest absolute Gasteiger partial charge is 0.380 e. The van der Waals surface area contributed by atoms with Gasteiger partial charge in [-0.2, -0.15) is 5.26 Å². The van der Waals surface area contributed by atoms with Gasteiger partial charge >= 0.3 is 6.03 Å². The Morgan fingerprint density at radius 1 is 1.29 bits per heavy atom. The van der Waals surface area contributed by atoms with Crippen molar-refractivity contribution in [2.75, 3.05) is 48.4 Å². The maximum Gasteiger partial charge on any atom is 0.328 e. The maximum atomic E-state index is 13.4. The summed E-state index contributed by atoms with van der Waals surface area (Å²) in [5.74, 6) is 0.840. The van der Waals surface area contributed by atoms with Crippen LogP contribution >= 0.6 is 0 Å². The number of likely N-dealkylation sites (tertiary alicyclic amines) is 1. The molecule has 2 aromatic heterocycles. The van der Waals surface area contributed by atoms with Crippen LogP contribution in [0, 0.1) is 17.2 Å². The van der Waals surface area contributed by atoms with Gasteiger partial charge < -0.3 is 14.5 Å². The number of carbonyl (C=O) groups is 3. The molecule has 5 heterocycles. The Labute approximate surface area is 221 Å². The first-order valence-corrected chi connectivity index (χ1v) is 12.9. The van der Waals surface area contributed by atoms with E-state index in [1.807, 2.05) is 13.0 Å². The van der Waals surface area contributed by atoms with Crippen LogP contribution in [0.25, 0.3) is 0 Å². The molecule has 2 aromatic rings. The van der Waals surface area contributed by atoms with Crippen molar-refractivity contribution in [1.29, 1.82) is 5.26 Å². The van der Waals surface area contributed by atoms with Crippen LogP contribution < -0.4 is 15.1 Å². The zero-order valence-electron chi connectivity index (χ0n) is 21.6. The molecule has 11 heteroatoms. The summed E-state index contributed by atoms with van der Waals surface area (Å²) in [6.07, 6.45) is 5.35. The minimum Gasteiger partial charge on any atom is -0.380 e. The number of aromatic nitrogens is 2. The van der Waals surface area contributed by atoms with Gasteiger partial charge in [-0.05, 0) is 37.3 Å². The third-order valence-corrected chi connectivity index (χ3v) is 7.61. The van der Waals surface area contributed by atoms with E-state index in [4.69, 9.17) is 4.74 Å². The Hall–Kier alpha value is -4.04. The molecule has 38 heavy (non-hydrogen) atoms. The van der Waals surface area contributed by atoms with Crippen LogP contribution in [0.5, 0.6) is 0 Å². The van der Waals surface area contributed by atoms with Crippen molar-refractivity contribution in [2.24, 2.45) is 5.92 Å². The van der Waals surface area contributed by atoms with Crippen LogP contribution in [0.1, 0.15) is 53.4 Å². The number of rotatable bonds is 6. The van der Waals surface area contributed by atoms with E-state index in [2.05, 4.69) is 26.3 Å². The quantitative estimate of drug-likeness (QED) is 0.579. The van der Waals surface area contributed by atoms with E-state index in [0.29, 0.717) is 60.9 Å². The first-order valence-electron chi connectivity index (χ1n) is 12.9. The summed E-state index contributed by atoms with van der Waals surface area (Å²) in [5.41, 5.74) is 2.92. The van der Waals surface area contributed by atoms with Crippen LogP contribution in [0.15, 0.2) is 18.3 Å². The molecule has 3 aliphatic heterocycles. The molecule has 11 nitrogen and oxygen atoms in total. The van der Waals surface area contributed by atoms with Crippen LogP contribution in [-0.4, -0.2) is 72.5 Å². The molecule has 2 unspecified atom stereocenters. The third kappa shape index (κ3) is 4.91. The Morgan fingerprint density at radius 3 is 2.82 bits per heavy atom. The highest BCUT2D eigenvalue weighted by atomic mass is 16.5. The van der Waals surface area contributed by atoms with E-state index in [9.17, 15) is 19.6 Å². The Bertz CT molecular complexity index is 1310. The fourth-order valence-corrected chi connectivity index (χ4v) is 5.42. The normalized spacial score (nSPS) is 20.9. The first-order chi connectivity index (χ1) is 18.4. The Balaban J connectivity index is 1.36. The predicted molar refractivity (Wildman–Crippen MR) is 140 cm³/mol. The van der Waals surface area contributed by atoms with E-state index in [-0.39, 0.29) is 23.6 Å². The lowest BCUT2D eigenvalue weighted by atomic mass is 10.0. The second-order valence-electron chi connectivity index (χ2n) is 10.1. The number of ether oxygens (including phenoxy) is 1. The zero-order valence-corrected chi connectivity index (χ0v) is 21.6. The molecule has 3 amide bonds. The number of hydrogen-bond donors (Lipinski definition) is 1. The molecule has 2 fully saturated rings. The molecule has 198 valence electrons. The second-order valence-corrected chi connectivity index (χ2v) is 10.1. The lowest BCUT2D eigenvalue weighted by molar-refractivity contribution is -0.131. The molecule has 0 bridgehead atoms. The van der Waals surface area contributed by atoms with Gasteiger partial charge in [-0.15, -0.1) is 0 Å². The predicted octanol–water partition coefficient (Wildman–Crippen LogP) is 2.74. The van der Waals surface area contributed by atoms with Crippen molar-refractivity contribution < 1.29 is 19.1 Å². The summed E-state index contributed by atoms with van der Waals surface area (Å²) in [5, 5.41) is 12.4. The molecular weight excluding hydrogens is 486 g/mol. The van der Waals surface area contributed by atoms with Crippen molar-refractivity contribution >= 4 is 35.5 Å². The summed E-state index contributed by atoms with van der Waals surface area (Å²) in [6.45, 7) is 4.75. The maximum absolute atomic E-state index is 13.4. The third-order valence-electron chi connectivity index (χ3n) is 7.61. The monoisotopic (exact) mass is 517 g/mol. The number of methoxy groups -OCH3 is 1. The molecule has 2 saturated heterocycles. The minimum absolute atomic E-state index is 0.0114. The number of aldehydes is 1. The highest BCUT2D eigenvalue weighted by molar-refractivity contribution is 6.02. The number of hydrogen-bond acceptors (Lipinski definition) is 8. The molecule has 1 N–H and O–H groups in total. The van der Waals surface area contributed by atoms with Crippen molar-refractivity contribution in [2.45, 2.75) is 45.3 Å². The molecule has 0 aliphatic carbocycles. The van der Waals surface area contributed by atoms with E-state index in [1.54, 1.807) is 18.1 Å². The van der Waals surface area contributed by atoms with Gasteiger partial charge in [0.25, 0.3) is 0 Å². The number of urea groups is 1. The number of nitriles is 1. The SMILES string of the molecule is COC1CCN(c2cc(NC(=O)N3CCCc4cc(CN5CCC(C)C5=O)c(C=O)nc43)ncc2C#N)C1. The lowest BCUT2D eigenvalue weighted by Crippen LogP contribution is -2.40. The topological polar surface area (TPSA) is 132 Å². The number of anilines is 3. The summed E-state index contributed by atoms with van der Waals surface area (Å²) in [4.78, 5) is 51.9. The van der Waals surface area contributed by atoms with E-state index < -0.39 is 6.03 Å². The highest BCUT2D eigenvalue weighted by Crippen LogP contribution is 2.31. The molecule has 0 aromatic carbocycles. The van der Waals surface area contributed by atoms with E-state index in [1.165, 1.54) is 11.1 Å². The van der Waals surface area contributed by atoms with Crippen molar-refractivity contribution in [1.82, 2.24) is 14.9 Å². The van der Waals surface area contributed by atoms with E-state index >= 15 is 0 Å². The molecule has 0 saturated carbocycles. The van der Waals surface area contributed by atoms with Gasteiger partial charge in [0.1, 0.15) is 23.4 Å². The number of nitrogens with one attached hydrogen (secondary N) is 1. The number of aryl methyl sites for hydroxylation is 1. The van der Waals surface area contributed by atoms with Crippen LogP contribution in [0.4, 0.5) is 22.1 Å². The number of fused-ring (bicyclic) bond motifs is 1. The smallest absolute Gasteiger partial charge is 0.328 e. The molecule has 2 atom stereocenters. The van der Waals surface area contributed by atoms with Gasteiger partial charge in [-0.3, -0.25) is 19.8 Å². The molecule has 3 aliphatic rings. The first kappa shape index (κ1) is 25.6. The van der Waals surface area contributed by atoms with Gasteiger partial charge in [0.05, 0.1) is 17.4 Å². The van der Waals surface area contributed by atoms with E-state index in [0.717, 1.165) is 37.8 Å². The van der Waals surface area contributed by atoms with Gasteiger partial charge in [0.15, 0.2) is 6.29 Å². The van der Waals surface area contributed by atoms with Gasteiger partial charge in [-0.1, -0.05) is 6.92 Å². The summed E-state index contributed by atoms with van der Waals surface area (Å²) in [6, 6.07) is 5.38. The van der Waals surface area contributed by atoms with Gasteiger partial charge in [-0.25, -0.2) is 14.8 Å². The average molecular weight is 518 g/mol. The molecular formula is C27H31N7O4. The van der Waals surface area contributed by atoms with Crippen molar-refractivity contribution in [3.63, 3.8) is 0 Å². The molecule has 0 spiro atoms. The Morgan fingerprint density at radius 2 is 2.13 bits per heavy atom. The number of amides is 3. The number of nitrogens with zero attached hydrogens (tertiary/aromatic N) is 6. The summed E-state index contributed by atoms with van der Waals surface area (Å²) in [7, 11) is 1.67. The highest BCUT2D eigenvalue weighted by Gasteiger charge is 2.31. The standard InChI is InChI=1S/C27H31N7O4/c1-17-5-8-33(26(17)36)14-19-10-18-4-3-7-34(25(18)30-22(19)16-35)27(37)31-24-11-23(20(12-28)13-29-24)32-9-6-21(15-32)38-2/h10-11,13,16-17,21H,3-9,14-15H2,1-2H3,(H,29,31,37). The molecule has 5 rings (SSSR count). The zero-order chi connectivity index (χ0) is 26.8. The van der Waals surface area contributed by atoms with Crippen LogP contribution in [0.2, 0.25) is 0 Å². The second kappa shape index (κ2) is 10.8. The van der Waals surface area contributed by atoms with Gasteiger partial charge in [0.2, 0.25) is 5.91 Å².